The van der Waals surface area contributed by atoms with Gasteiger partial charge in [0, 0.05) is 18.7 Å². The molecule has 0 fully saturated rings. The van der Waals surface area contributed by atoms with Crippen LogP contribution in [0.2, 0.25) is 0 Å². The summed E-state index contributed by atoms with van der Waals surface area (Å²) in [6.07, 6.45) is 1.08. The molecule has 15 heavy (non-hydrogen) atoms. The minimum atomic E-state index is 0.433. The highest BCUT2D eigenvalue weighted by atomic mass is 15.1. The largest absolute Gasteiger partial charge is 0.373 e. The fourth-order valence-corrected chi connectivity index (χ4v) is 1.35. The Kier molecular flexibility index (Phi) is 3.88. The first-order valence-corrected chi connectivity index (χ1v) is 5.38. The van der Waals surface area contributed by atoms with E-state index in [1.54, 1.807) is 0 Å². The fraction of sp³-hybridized carbons (Fsp3) is 0.636. The number of aromatic nitrogens is 2. The van der Waals surface area contributed by atoms with Crippen LogP contribution in [0.5, 0.6) is 0 Å². The van der Waals surface area contributed by atoms with Gasteiger partial charge in [0.15, 0.2) is 0 Å². The molecule has 0 saturated carbocycles. The normalized spacial score (nSPS) is 12.3. The van der Waals surface area contributed by atoms with Crippen molar-refractivity contribution in [3.05, 3.63) is 11.4 Å². The van der Waals surface area contributed by atoms with E-state index >= 15 is 0 Å². The quantitative estimate of drug-likeness (QED) is 0.797. The molecule has 84 valence electrons. The molecule has 0 amide bonds. The van der Waals surface area contributed by atoms with Gasteiger partial charge in [-0.15, -0.1) is 0 Å². The van der Waals surface area contributed by atoms with Gasteiger partial charge in [-0.3, -0.25) is 0 Å². The Morgan fingerprint density at radius 3 is 2.33 bits per heavy atom. The van der Waals surface area contributed by atoms with Crippen LogP contribution in [0.15, 0.2) is 0 Å². The van der Waals surface area contributed by atoms with Crippen molar-refractivity contribution in [1.82, 2.24) is 9.97 Å². The number of aryl methyl sites for hydroxylation is 1. The second-order valence-corrected chi connectivity index (χ2v) is 3.80. The summed E-state index contributed by atoms with van der Waals surface area (Å²) < 4.78 is 0. The first-order valence-electron chi connectivity index (χ1n) is 5.38. The third-order valence-corrected chi connectivity index (χ3v) is 2.49. The predicted molar refractivity (Wildman–Crippen MR) is 64.4 cm³/mol. The molecular formula is C11H20N4. The van der Waals surface area contributed by atoms with E-state index in [4.69, 9.17) is 0 Å². The Morgan fingerprint density at radius 1 is 1.20 bits per heavy atom. The topological polar surface area (TPSA) is 49.8 Å². The molecule has 1 aromatic heterocycles. The van der Waals surface area contributed by atoms with Gasteiger partial charge in [-0.1, -0.05) is 6.92 Å². The highest BCUT2D eigenvalue weighted by molar-refractivity contribution is 5.57. The van der Waals surface area contributed by atoms with Gasteiger partial charge in [-0.25, -0.2) is 9.97 Å². The Morgan fingerprint density at radius 2 is 1.80 bits per heavy atom. The van der Waals surface area contributed by atoms with E-state index in [2.05, 4.69) is 34.4 Å². The van der Waals surface area contributed by atoms with Crippen molar-refractivity contribution in [3.63, 3.8) is 0 Å². The Balaban J connectivity index is 3.01. The second-order valence-electron chi connectivity index (χ2n) is 3.80. The highest BCUT2D eigenvalue weighted by Crippen LogP contribution is 2.20. The summed E-state index contributed by atoms with van der Waals surface area (Å²) in [7, 11) is 1.88. The van der Waals surface area contributed by atoms with Crippen LogP contribution in [0.25, 0.3) is 0 Å². The van der Waals surface area contributed by atoms with Crippen molar-refractivity contribution < 1.29 is 0 Å². The summed E-state index contributed by atoms with van der Waals surface area (Å²) in [5, 5.41) is 6.46. The molecule has 0 bridgehead atoms. The van der Waals surface area contributed by atoms with Gasteiger partial charge >= 0.3 is 0 Å². The lowest BCUT2D eigenvalue weighted by molar-refractivity contribution is 0.755. The molecule has 1 rings (SSSR count). The Labute approximate surface area is 91.5 Å². The number of hydrogen-bond donors (Lipinski definition) is 2. The van der Waals surface area contributed by atoms with Crippen molar-refractivity contribution in [1.29, 1.82) is 0 Å². The average Bonchev–Trinajstić information content (AvgIpc) is 2.22. The third kappa shape index (κ3) is 2.81. The zero-order chi connectivity index (χ0) is 11.4. The maximum atomic E-state index is 4.41. The van der Waals surface area contributed by atoms with Crippen LogP contribution in [0.4, 0.5) is 11.6 Å². The van der Waals surface area contributed by atoms with E-state index in [9.17, 15) is 0 Å². The number of hydrogen-bond acceptors (Lipinski definition) is 4. The molecule has 0 aromatic carbocycles. The summed E-state index contributed by atoms with van der Waals surface area (Å²) in [5.41, 5.74) is 1.07. The first kappa shape index (κ1) is 11.8. The predicted octanol–water partition coefficient (Wildman–Crippen LogP) is 2.35. The number of nitrogens with one attached hydrogen (secondary N) is 2. The first-order chi connectivity index (χ1) is 7.08. The lowest BCUT2D eigenvalue weighted by atomic mass is 10.2. The molecule has 1 unspecified atom stereocenters. The SMILES string of the molecule is CCC(C)Nc1nc(C)nc(NC)c1C. The van der Waals surface area contributed by atoms with Crippen molar-refractivity contribution in [3.8, 4) is 0 Å². The van der Waals surface area contributed by atoms with Gasteiger partial charge in [0.2, 0.25) is 0 Å². The summed E-state index contributed by atoms with van der Waals surface area (Å²) in [5.74, 6) is 2.62. The molecule has 2 N–H and O–H groups in total. The molecule has 0 aliphatic rings. The van der Waals surface area contributed by atoms with Crippen LogP contribution in [-0.4, -0.2) is 23.1 Å². The van der Waals surface area contributed by atoms with Crippen LogP contribution in [0, 0.1) is 13.8 Å². The fourth-order valence-electron chi connectivity index (χ4n) is 1.35. The molecule has 0 aliphatic carbocycles. The highest BCUT2D eigenvalue weighted by Gasteiger charge is 2.09. The van der Waals surface area contributed by atoms with Gasteiger partial charge in [0.25, 0.3) is 0 Å². The van der Waals surface area contributed by atoms with Crippen molar-refractivity contribution >= 4 is 11.6 Å². The van der Waals surface area contributed by atoms with Crippen molar-refractivity contribution in [2.24, 2.45) is 0 Å². The van der Waals surface area contributed by atoms with E-state index < -0.39 is 0 Å². The monoisotopic (exact) mass is 208 g/mol. The molecule has 1 aromatic rings. The average molecular weight is 208 g/mol. The molecule has 0 aliphatic heterocycles. The standard InChI is InChI=1S/C11H20N4/c1-6-7(2)13-11-8(3)10(12-5)14-9(4)15-11/h7H,6H2,1-5H3,(H2,12,13,14,15). The van der Waals surface area contributed by atoms with Gasteiger partial charge in [0.1, 0.15) is 17.5 Å². The summed E-state index contributed by atoms with van der Waals surface area (Å²) in [4.78, 5) is 8.73. The lowest BCUT2D eigenvalue weighted by Gasteiger charge is -2.16. The molecule has 1 atom stereocenters. The lowest BCUT2D eigenvalue weighted by Crippen LogP contribution is -2.17. The second kappa shape index (κ2) is 4.96. The van der Waals surface area contributed by atoms with Crippen molar-refractivity contribution in [2.45, 2.75) is 40.2 Å². The molecule has 4 heteroatoms. The van der Waals surface area contributed by atoms with E-state index in [1.165, 1.54) is 0 Å². The Hall–Kier alpha value is -1.32. The molecule has 0 radical (unpaired) electrons. The van der Waals surface area contributed by atoms with Crippen LogP contribution in [-0.2, 0) is 0 Å². The molecule has 0 saturated heterocycles. The minimum Gasteiger partial charge on any atom is -0.373 e. The molecule has 0 spiro atoms. The van der Waals surface area contributed by atoms with E-state index in [-0.39, 0.29) is 0 Å². The van der Waals surface area contributed by atoms with Crippen molar-refractivity contribution in [2.75, 3.05) is 17.7 Å². The van der Waals surface area contributed by atoms with E-state index in [1.807, 2.05) is 20.9 Å². The Bertz CT molecular complexity index is 336. The van der Waals surface area contributed by atoms with Gasteiger partial charge in [-0.05, 0) is 27.2 Å². The third-order valence-electron chi connectivity index (χ3n) is 2.49. The van der Waals surface area contributed by atoms with Crippen LogP contribution in [0.1, 0.15) is 31.7 Å². The smallest absolute Gasteiger partial charge is 0.134 e. The number of anilines is 2. The maximum absolute atomic E-state index is 4.41. The van der Waals surface area contributed by atoms with E-state index in [0.29, 0.717) is 6.04 Å². The van der Waals surface area contributed by atoms with E-state index in [0.717, 1.165) is 29.4 Å². The summed E-state index contributed by atoms with van der Waals surface area (Å²) in [6.45, 7) is 8.23. The van der Waals surface area contributed by atoms with Crippen LogP contribution in [0.3, 0.4) is 0 Å². The molecule has 1 heterocycles. The maximum Gasteiger partial charge on any atom is 0.134 e. The minimum absolute atomic E-state index is 0.433. The number of nitrogens with zero attached hydrogens (tertiary/aromatic N) is 2. The van der Waals surface area contributed by atoms with Crippen LogP contribution < -0.4 is 10.6 Å². The molecular weight excluding hydrogens is 188 g/mol. The zero-order valence-electron chi connectivity index (χ0n) is 10.2. The molecule has 4 nitrogen and oxygen atoms in total. The zero-order valence-corrected chi connectivity index (χ0v) is 10.2. The summed E-state index contributed by atoms with van der Waals surface area (Å²) in [6, 6.07) is 0.433. The van der Waals surface area contributed by atoms with Gasteiger partial charge < -0.3 is 10.6 Å². The summed E-state index contributed by atoms with van der Waals surface area (Å²) >= 11 is 0. The van der Waals surface area contributed by atoms with Gasteiger partial charge in [-0.2, -0.15) is 0 Å². The van der Waals surface area contributed by atoms with Crippen LogP contribution >= 0.6 is 0 Å². The van der Waals surface area contributed by atoms with Gasteiger partial charge in [0.05, 0.1) is 0 Å². The number of rotatable bonds is 4.